The molecular formula is C42H25B3Br2N2. The minimum absolute atomic E-state index is 0.107. The summed E-state index contributed by atoms with van der Waals surface area (Å²) < 4.78 is 2.20. The largest absolute Gasteiger partial charge is 0.312 e. The molecule has 0 N–H and O–H groups in total. The van der Waals surface area contributed by atoms with Gasteiger partial charge in [0.05, 0.1) is 0 Å². The Balaban J connectivity index is 1.22. The Bertz CT molecular complexity index is 2350. The summed E-state index contributed by atoms with van der Waals surface area (Å²) in [6.07, 6.45) is 0. The first-order chi connectivity index (χ1) is 24.2. The van der Waals surface area contributed by atoms with E-state index in [-0.39, 0.29) is 20.1 Å². The highest BCUT2D eigenvalue weighted by molar-refractivity contribution is 9.10. The molecule has 0 fully saturated rings. The van der Waals surface area contributed by atoms with E-state index in [9.17, 15) is 0 Å². The molecule has 4 aliphatic rings. The second kappa shape index (κ2) is 10.4. The molecule has 0 radical (unpaired) electrons. The van der Waals surface area contributed by atoms with Gasteiger partial charge in [-0.05, 0) is 86.8 Å². The minimum Gasteiger partial charge on any atom is -0.312 e. The molecule has 0 aromatic heterocycles. The summed E-state index contributed by atoms with van der Waals surface area (Å²) in [5.41, 5.74) is 19.9. The third-order valence-electron chi connectivity index (χ3n) is 11.1. The minimum atomic E-state index is 0.107. The zero-order valence-corrected chi connectivity index (χ0v) is 29.5. The molecular weight excluding hydrogens is 725 g/mol. The first-order valence-corrected chi connectivity index (χ1v) is 18.4. The molecule has 0 saturated carbocycles. The van der Waals surface area contributed by atoms with Crippen LogP contribution < -0.4 is 59.0 Å². The van der Waals surface area contributed by atoms with Gasteiger partial charge >= 0.3 is 0 Å². The van der Waals surface area contributed by atoms with Gasteiger partial charge < -0.3 is 9.80 Å². The quantitative estimate of drug-likeness (QED) is 0.231. The van der Waals surface area contributed by atoms with E-state index in [0.717, 1.165) is 8.95 Å². The lowest BCUT2D eigenvalue weighted by molar-refractivity contribution is 1.26. The van der Waals surface area contributed by atoms with Gasteiger partial charge in [0.15, 0.2) is 0 Å². The maximum absolute atomic E-state index is 3.68. The van der Waals surface area contributed by atoms with Gasteiger partial charge in [-0.25, -0.2) is 0 Å². The van der Waals surface area contributed by atoms with Crippen LogP contribution in [0, 0.1) is 0 Å². The van der Waals surface area contributed by atoms with Crippen molar-refractivity contribution in [2.75, 3.05) is 9.80 Å². The van der Waals surface area contributed by atoms with E-state index in [4.69, 9.17) is 0 Å². The van der Waals surface area contributed by atoms with E-state index < -0.39 is 0 Å². The average Bonchev–Trinajstić information content (AvgIpc) is 3.14. The average molecular weight is 750 g/mol. The van der Waals surface area contributed by atoms with E-state index in [2.05, 4.69) is 193 Å². The number of rotatable bonds is 2. The molecule has 49 heavy (non-hydrogen) atoms. The van der Waals surface area contributed by atoms with Gasteiger partial charge in [-0.2, -0.15) is 0 Å². The van der Waals surface area contributed by atoms with Crippen LogP contribution in [-0.2, 0) is 0 Å². The third-order valence-corrected chi connectivity index (χ3v) is 12.2. The molecule has 7 aromatic carbocycles. The summed E-state index contributed by atoms with van der Waals surface area (Å²) in [6.45, 7) is 0.382. The highest BCUT2D eigenvalue weighted by Crippen LogP contribution is 2.44. The van der Waals surface area contributed by atoms with Crippen LogP contribution in [0.3, 0.4) is 0 Å². The molecule has 0 amide bonds. The number of nitrogens with zero attached hydrogens (tertiary/aromatic N) is 2. The Hall–Kier alpha value is -4.71. The van der Waals surface area contributed by atoms with Crippen LogP contribution in [0.25, 0.3) is 0 Å². The van der Waals surface area contributed by atoms with E-state index >= 15 is 0 Å². The van der Waals surface area contributed by atoms with Gasteiger partial charge in [0.2, 0.25) is 13.4 Å². The molecule has 226 valence electrons. The number of fused-ring (bicyclic) bond motifs is 8. The van der Waals surface area contributed by atoms with Crippen molar-refractivity contribution in [1.29, 1.82) is 0 Å². The number of benzene rings is 7. The zero-order valence-electron chi connectivity index (χ0n) is 26.3. The Morgan fingerprint density at radius 2 is 0.673 bits per heavy atom. The van der Waals surface area contributed by atoms with E-state index in [1.54, 1.807) is 0 Å². The fourth-order valence-corrected chi connectivity index (χ4v) is 9.82. The molecule has 4 heterocycles. The summed E-state index contributed by atoms with van der Waals surface area (Å²) in [7, 11) is 0. The Morgan fingerprint density at radius 3 is 1.12 bits per heavy atom. The fourth-order valence-electron chi connectivity index (χ4n) is 9.29. The lowest BCUT2D eigenvalue weighted by Gasteiger charge is -2.49. The summed E-state index contributed by atoms with van der Waals surface area (Å²) in [4.78, 5) is 5.14. The summed E-state index contributed by atoms with van der Waals surface area (Å²) in [5, 5.41) is 0. The predicted molar refractivity (Wildman–Crippen MR) is 218 cm³/mol. The smallest absolute Gasteiger partial charge is 0.252 e. The Labute approximate surface area is 303 Å². The lowest BCUT2D eigenvalue weighted by atomic mass is 9.28. The van der Waals surface area contributed by atoms with Crippen LogP contribution in [0.5, 0.6) is 0 Å². The van der Waals surface area contributed by atoms with Gasteiger partial charge in [0.1, 0.15) is 0 Å². The first-order valence-electron chi connectivity index (χ1n) is 16.8. The fraction of sp³-hybridized carbons (Fsp3) is 0. The number of hydrogen-bond acceptors (Lipinski definition) is 2. The van der Waals surface area contributed by atoms with Crippen molar-refractivity contribution < 1.29 is 0 Å². The van der Waals surface area contributed by atoms with Gasteiger partial charge in [0.25, 0.3) is 6.71 Å². The van der Waals surface area contributed by atoms with Gasteiger partial charge in [-0.3, -0.25) is 0 Å². The van der Waals surface area contributed by atoms with Crippen molar-refractivity contribution in [1.82, 2.24) is 0 Å². The zero-order chi connectivity index (χ0) is 32.4. The summed E-state index contributed by atoms with van der Waals surface area (Å²) in [5.74, 6) is 0. The summed E-state index contributed by atoms with van der Waals surface area (Å²) >= 11 is 7.36. The lowest BCUT2D eigenvalue weighted by Crippen LogP contribution is -2.69. The van der Waals surface area contributed by atoms with Crippen LogP contribution in [0.15, 0.2) is 161 Å². The number of halogens is 2. The molecule has 0 atom stereocenters. The Morgan fingerprint density at radius 1 is 0.327 bits per heavy atom. The highest BCUT2D eigenvalue weighted by Gasteiger charge is 2.49. The molecule has 11 rings (SSSR count). The second-order valence-corrected chi connectivity index (χ2v) is 15.3. The normalized spacial score (nSPS) is 14.1. The summed E-state index contributed by atoms with van der Waals surface area (Å²) in [6, 6.07) is 56.9. The van der Waals surface area contributed by atoms with Crippen molar-refractivity contribution in [3.05, 3.63) is 161 Å². The molecule has 7 heteroatoms. The Kier molecular flexibility index (Phi) is 5.98. The van der Waals surface area contributed by atoms with E-state index in [0.29, 0.717) is 0 Å². The van der Waals surface area contributed by atoms with Gasteiger partial charge in [-0.15, -0.1) is 0 Å². The molecule has 7 aromatic rings. The molecule has 0 bridgehead atoms. The second-order valence-electron chi connectivity index (χ2n) is 13.5. The third kappa shape index (κ3) is 3.81. The van der Waals surface area contributed by atoms with Crippen LogP contribution in [-0.4, -0.2) is 20.1 Å². The van der Waals surface area contributed by atoms with E-state index in [1.165, 1.54) is 83.3 Å². The molecule has 0 spiro atoms. The van der Waals surface area contributed by atoms with Crippen LogP contribution >= 0.6 is 31.9 Å². The predicted octanol–water partition coefficient (Wildman–Crippen LogP) is 4.95. The van der Waals surface area contributed by atoms with Gasteiger partial charge in [0, 0.05) is 43.1 Å². The number of para-hydroxylation sites is 4. The highest BCUT2D eigenvalue weighted by atomic mass is 79.9. The first kappa shape index (κ1) is 28.2. The van der Waals surface area contributed by atoms with Crippen LogP contribution in [0.2, 0.25) is 0 Å². The van der Waals surface area contributed by atoms with Crippen molar-refractivity contribution >= 4 is 135 Å². The molecule has 0 aliphatic carbocycles. The SMILES string of the molecule is Brc1ccc(B2c3ccccc3N3c4cccc5c4B(c4cccc2c43)c2cccc3c2N5c2ccccc2B3c2ccc(Br)cc2)cc1. The van der Waals surface area contributed by atoms with Crippen molar-refractivity contribution in [2.24, 2.45) is 0 Å². The van der Waals surface area contributed by atoms with Crippen molar-refractivity contribution in [2.45, 2.75) is 0 Å². The standard InChI is InChI=1S/C42H25B3Br2N2/c46-28-22-18-26(19-23-28)43-30-8-1-3-14-36(30)48-38-16-7-17-39-40(38)45(34-12-5-10-32(43)41(34)48)35-13-6-11-33-42(35)49(39)37-15-4-2-9-31(37)44(33)27-20-24-29(47)25-21-27/h1-25H. The van der Waals surface area contributed by atoms with Crippen molar-refractivity contribution in [3.8, 4) is 0 Å². The number of hydrogen-bond donors (Lipinski definition) is 0. The van der Waals surface area contributed by atoms with E-state index in [1.807, 2.05) is 0 Å². The van der Waals surface area contributed by atoms with Gasteiger partial charge in [-0.1, -0.05) is 146 Å². The number of anilines is 6. The molecule has 4 aliphatic heterocycles. The maximum atomic E-state index is 3.68. The van der Waals surface area contributed by atoms with Crippen molar-refractivity contribution in [3.63, 3.8) is 0 Å². The topological polar surface area (TPSA) is 6.48 Å². The molecule has 0 saturated heterocycles. The monoisotopic (exact) mass is 748 g/mol. The molecule has 2 nitrogen and oxygen atoms in total. The van der Waals surface area contributed by atoms with Crippen LogP contribution in [0.4, 0.5) is 34.1 Å². The maximum Gasteiger partial charge on any atom is 0.252 e. The van der Waals surface area contributed by atoms with Crippen LogP contribution in [0.1, 0.15) is 0 Å². The molecule has 0 unspecified atom stereocenters.